The van der Waals surface area contributed by atoms with Gasteiger partial charge in [-0.2, -0.15) is 4.98 Å². The lowest BCUT2D eigenvalue weighted by Crippen LogP contribution is -2.34. The van der Waals surface area contributed by atoms with Crippen molar-refractivity contribution in [3.63, 3.8) is 0 Å². The number of hydrogen-bond donors (Lipinski definition) is 3. The van der Waals surface area contributed by atoms with E-state index in [9.17, 15) is 8.42 Å². The predicted octanol–water partition coefficient (Wildman–Crippen LogP) is 5.96. The molecule has 10 nitrogen and oxygen atoms in total. The van der Waals surface area contributed by atoms with Gasteiger partial charge in [0.1, 0.15) is 27.5 Å². The molecule has 3 N–H and O–H groups in total. The predicted molar refractivity (Wildman–Crippen MR) is 163 cm³/mol. The zero-order valence-electron chi connectivity index (χ0n) is 24.0. The maximum absolute atomic E-state index is 13.2. The summed E-state index contributed by atoms with van der Waals surface area (Å²) in [6, 6.07) is 12.1. The first-order chi connectivity index (χ1) is 19.8. The summed E-state index contributed by atoms with van der Waals surface area (Å²) in [4.78, 5) is 11.3. The molecule has 1 fully saturated rings. The van der Waals surface area contributed by atoms with Crippen molar-refractivity contribution >= 4 is 44.8 Å². The first kappa shape index (κ1) is 30.8. The van der Waals surface area contributed by atoms with E-state index in [0.717, 1.165) is 31.8 Å². The Morgan fingerprint density at radius 3 is 2.56 bits per heavy atom. The van der Waals surface area contributed by atoms with Gasteiger partial charge >= 0.3 is 0 Å². The summed E-state index contributed by atoms with van der Waals surface area (Å²) in [7, 11) is -3.78. The lowest BCUT2D eigenvalue weighted by molar-refractivity contribution is 0.201. The maximum Gasteiger partial charge on any atom is 0.242 e. The zero-order valence-corrected chi connectivity index (χ0v) is 25.6. The Morgan fingerprint density at radius 2 is 1.85 bits per heavy atom. The molecular formula is C29H39ClN6O4S. The highest BCUT2D eigenvalue weighted by Crippen LogP contribution is 2.34. The molecule has 1 unspecified atom stereocenters. The molecule has 0 aliphatic carbocycles. The summed E-state index contributed by atoms with van der Waals surface area (Å²) in [6.45, 7) is 11.4. The SMILES string of the molecule is CCOc1cc(OC2CCN(CC)C2)ccc1Nc1ncc(Cl)c(Nc2ccccc2S(=O)(=O)NC(CC)CC)n1. The normalized spacial score (nSPS) is 15.7. The highest BCUT2D eigenvalue weighted by molar-refractivity contribution is 7.89. The van der Waals surface area contributed by atoms with Crippen LogP contribution in [0.4, 0.5) is 23.1 Å². The molecular weight excluding hydrogens is 564 g/mol. The van der Waals surface area contributed by atoms with E-state index in [1.165, 1.54) is 6.20 Å². The molecule has 0 bridgehead atoms. The van der Waals surface area contributed by atoms with Gasteiger partial charge in [-0.05, 0) is 57.0 Å². The highest BCUT2D eigenvalue weighted by atomic mass is 35.5. The van der Waals surface area contributed by atoms with Gasteiger partial charge in [-0.3, -0.25) is 4.90 Å². The summed E-state index contributed by atoms with van der Waals surface area (Å²) >= 11 is 6.42. The zero-order chi connectivity index (χ0) is 29.4. The fourth-order valence-electron chi connectivity index (χ4n) is 4.63. The van der Waals surface area contributed by atoms with E-state index in [2.05, 4.69) is 37.1 Å². The van der Waals surface area contributed by atoms with Gasteiger partial charge in [0.2, 0.25) is 16.0 Å². The number of nitrogens with one attached hydrogen (secondary N) is 3. The molecule has 1 atom stereocenters. The van der Waals surface area contributed by atoms with Gasteiger partial charge in [0, 0.05) is 25.2 Å². The van der Waals surface area contributed by atoms with Crippen LogP contribution in [0.25, 0.3) is 0 Å². The molecule has 2 aromatic carbocycles. The Morgan fingerprint density at radius 1 is 1.07 bits per heavy atom. The topological polar surface area (TPSA) is 118 Å². The molecule has 0 spiro atoms. The minimum atomic E-state index is -3.78. The number of aromatic nitrogens is 2. The third kappa shape index (κ3) is 8.00. The number of para-hydroxylation sites is 1. The van der Waals surface area contributed by atoms with Crippen molar-refractivity contribution in [2.45, 2.75) is 64.0 Å². The van der Waals surface area contributed by atoms with Crippen LogP contribution in [0.2, 0.25) is 5.02 Å². The summed E-state index contributed by atoms with van der Waals surface area (Å²) in [6.07, 6.45) is 3.97. The Kier molecular flexibility index (Phi) is 10.7. The van der Waals surface area contributed by atoms with E-state index in [4.69, 9.17) is 21.1 Å². The van der Waals surface area contributed by atoms with Crippen LogP contribution in [0.5, 0.6) is 11.5 Å². The van der Waals surface area contributed by atoms with E-state index in [1.54, 1.807) is 24.3 Å². The Labute approximate surface area is 247 Å². The second-order valence-electron chi connectivity index (χ2n) is 9.78. The number of ether oxygens (including phenoxy) is 2. The summed E-state index contributed by atoms with van der Waals surface area (Å²) in [5.41, 5.74) is 1.01. The third-order valence-electron chi connectivity index (χ3n) is 6.96. The fourth-order valence-corrected chi connectivity index (χ4v) is 6.34. The lowest BCUT2D eigenvalue weighted by Gasteiger charge is -2.18. The Hall–Kier alpha value is -3.12. The van der Waals surface area contributed by atoms with E-state index in [-0.39, 0.29) is 33.8 Å². The minimum Gasteiger partial charge on any atom is -0.492 e. The standard InChI is InChI=1S/C29H39ClN6O4S/c1-5-20(6-2)35-41(37,38)27-12-10-9-11-25(27)32-28-23(30)18-31-29(34-28)33-24-14-13-21(17-26(24)39-8-4)40-22-15-16-36(7-3)19-22/h9-14,17-18,20,22,35H,5-8,15-16,19H2,1-4H3,(H2,31,32,33,34). The number of sulfonamides is 1. The third-order valence-corrected chi connectivity index (χ3v) is 8.81. The molecule has 1 saturated heterocycles. The lowest BCUT2D eigenvalue weighted by atomic mass is 10.2. The summed E-state index contributed by atoms with van der Waals surface area (Å²) < 4.78 is 41.2. The van der Waals surface area contributed by atoms with Gasteiger partial charge in [0.25, 0.3) is 0 Å². The molecule has 1 aromatic heterocycles. The van der Waals surface area contributed by atoms with Crippen LogP contribution in [0.3, 0.4) is 0 Å². The maximum atomic E-state index is 13.2. The number of hydrogen-bond acceptors (Lipinski definition) is 9. The van der Waals surface area contributed by atoms with E-state index in [1.807, 2.05) is 39.0 Å². The van der Waals surface area contributed by atoms with Gasteiger partial charge in [-0.25, -0.2) is 18.1 Å². The average Bonchev–Trinajstić information content (AvgIpc) is 3.42. The molecule has 3 aromatic rings. The van der Waals surface area contributed by atoms with Crippen molar-refractivity contribution in [3.8, 4) is 11.5 Å². The van der Waals surface area contributed by atoms with Crippen LogP contribution in [-0.2, 0) is 10.0 Å². The summed E-state index contributed by atoms with van der Waals surface area (Å²) in [5, 5.41) is 6.51. The summed E-state index contributed by atoms with van der Waals surface area (Å²) in [5.74, 6) is 1.86. The number of benzene rings is 2. The smallest absolute Gasteiger partial charge is 0.242 e. The monoisotopic (exact) mass is 602 g/mol. The second-order valence-corrected chi connectivity index (χ2v) is 11.9. The largest absolute Gasteiger partial charge is 0.492 e. The number of nitrogens with zero attached hydrogens (tertiary/aromatic N) is 3. The highest BCUT2D eigenvalue weighted by Gasteiger charge is 2.24. The fraction of sp³-hybridized carbons (Fsp3) is 0.448. The number of rotatable bonds is 14. The van der Waals surface area contributed by atoms with Crippen molar-refractivity contribution < 1.29 is 17.9 Å². The van der Waals surface area contributed by atoms with Crippen molar-refractivity contribution in [1.29, 1.82) is 0 Å². The molecule has 1 aliphatic rings. The molecule has 2 heterocycles. The molecule has 41 heavy (non-hydrogen) atoms. The van der Waals surface area contributed by atoms with Crippen LogP contribution in [0.15, 0.2) is 53.6 Å². The van der Waals surface area contributed by atoms with Crippen molar-refractivity contribution in [2.75, 3.05) is 36.9 Å². The van der Waals surface area contributed by atoms with Crippen LogP contribution in [-0.4, -0.2) is 61.7 Å². The molecule has 12 heteroatoms. The molecule has 0 radical (unpaired) electrons. The second kappa shape index (κ2) is 14.2. The van der Waals surface area contributed by atoms with Crippen LogP contribution in [0, 0.1) is 0 Å². The molecule has 222 valence electrons. The van der Waals surface area contributed by atoms with Crippen LogP contribution in [0.1, 0.15) is 47.0 Å². The number of anilines is 4. The van der Waals surface area contributed by atoms with Gasteiger partial charge in [-0.15, -0.1) is 0 Å². The van der Waals surface area contributed by atoms with Gasteiger partial charge in [0.05, 0.1) is 24.2 Å². The molecule has 1 aliphatic heterocycles. The molecule has 4 rings (SSSR count). The van der Waals surface area contributed by atoms with Gasteiger partial charge in [0.15, 0.2) is 5.82 Å². The number of likely N-dealkylation sites (tertiary alicyclic amines) is 1. The van der Waals surface area contributed by atoms with Crippen LogP contribution >= 0.6 is 11.6 Å². The van der Waals surface area contributed by atoms with Gasteiger partial charge in [-0.1, -0.05) is 44.5 Å². The molecule has 0 amide bonds. The molecule has 0 saturated carbocycles. The van der Waals surface area contributed by atoms with Crippen molar-refractivity contribution in [1.82, 2.24) is 19.6 Å². The van der Waals surface area contributed by atoms with Crippen LogP contribution < -0.4 is 24.8 Å². The van der Waals surface area contributed by atoms with E-state index >= 15 is 0 Å². The number of likely N-dealkylation sites (N-methyl/N-ethyl adjacent to an activating group) is 1. The Balaban J connectivity index is 1.54. The van der Waals surface area contributed by atoms with Crippen molar-refractivity contribution in [2.24, 2.45) is 0 Å². The minimum absolute atomic E-state index is 0.106. The first-order valence-electron chi connectivity index (χ1n) is 14.1. The Bertz CT molecular complexity index is 1420. The number of halogens is 1. The van der Waals surface area contributed by atoms with E-state index < -0.39 is 10.0 Å². The first-order valence-corrected chi connectivity index (χ1v) is 16.0. The van der Waals surface area contributed by atoms with Gasteiger partial charge < -0.3 is 20.1 Å². The quantitative estimate of drug-likeness (QED) is 0.205. The van der Waals surface area contributed by atoms with E-state index in [0.29, 0.717) is 36.6 Å². The average molecular weight is 603 g/mol. The van der Waals surface area contributed by atoms with Crippen molar-refractivity contribution in [3.05, 3.63) is 53.7 Å².